The van der Waals surface area contributed by atoms with Crippen molar-refractivity contribution in [3.8, 4) is 0 Å². The van der Waals surface area contributed by atoms with Gasteiger partial charge in [-0.15, -0.1) is 0 Å². The van der Waals surface area contributed by atoms with E-state index in [0.29, 0.717) is 22.9 Å². The van der Waals surface area contributed by atoms with E-state index >= 15 is 0 Å². The van der Waals surface area contributed by atoms with Crippen LogP contribution in [0.15, 0.2) is 36.4 Å². The topological polar surface area (TPSA) is 64.9 Å². The molecule has 1 heterocycles. The molecule has 16 heavy (non-hydrogen) atoms. The van der Waals surface area contributed by atoms with Gasteiger partial charge in [-0.2, -0.15) is 0 Å². The second-order valence-electron chi connectivity index (χ2n) is 3.56. The molecule has 0 amide bonds. The van der Waals surface area contributed by atoms with Gasteiger partial charge in [0.15, 0.2) is 0 Å². The predicted molar refractivity (Wildman–Crippen MR) is 67.3 cm³/mol. The first-order valence-electron chi connectivity index (χ1n) is 4.91. The Bertz CT molecular complexity index is 497. The van der Waals surface area contributed by atoms with Crippen LogP contribution in [-0.4, -0.2) is 4.98 Å². The van der Waals surface area contributed by atoms with Crippen molar-refractivity contribution in [3.63, 3.8) is 0 Å². The standard InChI is InChI=1S/C12H12ClN3/c13-11-7-9(14)12(15)10(16-11)6-8-4-2-1-3-5-8/h1-5,7H,6,15H2,(H2,14,16). The first-order chi connectivity index (χ1) is 7.66. The number of halogens is 1. The average molecular weight is 234 g/mol. The van der Waals surface area contributed by atoms with E-state index in [0.717, 1.165) is 11.3 Å². The van der Waals surface area contributed by atoms with Gasteiger partial charge in [0.05, 0.1) is 17.1 Å². The smallest absolute Gasteiger partial charge is 0.131 e. The van der Waals surface area contributed by atoms with Crippen LogP contribution in [0.25, 0.3) is 0 Å². The SMILES string of the molecule is Nc1cc(Cl)nc(Cc2ccccc2)c1N. The van der Waals surface area contributed by atoms with E-state index in [1.54, 1.807) is 6.07 Å². The highest BCUT2D eigenvalue weighted by molar-refractivity contribution is 6.29. The third-order valence-corrected chi connectivity index (χ3v) is 2.55. The van der Waals surface area contributed by atoms with Crippen molar-refractivity contribution < 1.29 is 0 Å². The zero-order valence-electron chi connectivity index (χ0n) is 8.65. The first kappa shape index (κ1) is 10.8. The minimum Gasteiger partial charge on any atom is -0.397 e. The molecule has 0 unspecified atom stereocenters. The molecule has 1 aromatic carbocycles. The number of pyridine rings is 1. The van der Waals surface area contributed by atoms with Gasteiger partial charge < -0.3 is 11.5 Å². The number of benzene rings is 1. The Morgan fingerprint density at radius 2 is 1.81 bits per heavy atom. The summed E-state index contributed by atoms with van der Waals surface area (Å²) in [5, 5.41) is 0.373. The third kappa shape index (κ3) is 2.25. The van der Waals surface area contributed by atoms with Crippen molar-refractivity contribution in [1.82, 2.24) is 4.98 Å². The Morgan fingerprint density at radius 1 is 1.12 bits per heavy atom. The maximum Gasteiger partial charge on any atom is 0.131 e. The number of hydrogen-bond acceptors (Lipinski definition) is 3. The summed E-state index contributed by atoms with van der Waals surface area (Å²) in [5.41, 5.74) is 14.4. The van der Waals surface area contributed by atoms with Crippen molar-refractivity contribution in [2.24, 2.45) is 0 Å². The lowest BCUT2D eigenvalue weighted by Crippen LogP contribution is -2.03. The molecule has 0 aliphatic heterocycles. The van der Waals surface area contributed by atoms with Crippen molar-refractivity contribution >= 4 is 23.0 Å². The predicted octanol–water partition coefficient (Wildman–Crippen LogP) is 2.49. The summed E-state index contributed by atoms with van der Waals surface area (Å²) in [6.07, 6.45) is 0.636. The van der Waals surface area contributed by atoms with Gasteiger partial charge in [-0.25, -0.2) is 4.98 Å². The van der Waals surface area contributed by atoms with Crippen LogP contribution in [0.5, 0.6) is 0 Å². The highest BCUT2D eigenvalue weighted by Crippen LogP contribution is 2.23. The van der Waals surface area contributed by atoms with E-state index in [9.17, 15) is 0 Å². The molecule has 2 aromatic rings. The summed E-state index contributed by atoms with van der Waals surface area (Å²) >= 11 is 5.84. The maximum atomic E-state index is 5.85. The molecule has 0 saturated heterocycles. The van der Waals surface area contributed by atoms with Crippen LogP contribution in [0.3, 0.4) is 0 Å². The lowest BCUT2D eigenvalue weighted by molar-refractivity contribution is 1.08. The number of nitrogens with two attached hydrogens (primary N) is 2. The second-order valence-corrected chi connectivity index (χ2v) is 3.94. The van der Waals surface area contributed by atoms with Gasteiger partial charge in [0, 0.05) is 12.5 Å². The van der Waals surface area contributed by atoms with Crippen LogP contribution in [0.1, 0.15) is 11.3 Å². The minimum atomic E-state index is 0.373. The summed E-state index contributed by atoms with van der Waals surface area (Å²) in [4.78, 5) is 4.19. The van der Waals surface area contributed by atoms with E-state index in [1.807, 2.05) is 30.3 Å². The van der Waals surface area contributed by atoms with Gasteiger partial charge in [0.1, 0.15) is 5.15 Å². The molecule has 4 heteroatoms. The van der Waals surface area contributed by atoms with Crippen LogP contribution in [-0.2, 0) is 6.42 Å². The van der Waals surface area contributed by atoms with Gasteiger partial charge in [0.25, 0.3) is 0 Å². The molecule has 0 atom stereocenters. The molecule has 2 rings (SSSR count). The molecule has 0 bridgehead atoms. The first-order valence-corrected chi connectivity index (χ1v) is 5.29. The second kappa shape index (κ2) is 4.41. The molecule has 0 aliphatic rings. The molecule has 0 radical (unpaired) electrons. The number of nitrogen functional groups attached to an aromatic ring is 2. The quantitative estimate of drug-likeness (QED) is 0.784. The molecule has 1 aromatic heterocycles. The summed E-state index contributed by atoms with van der Waals surface area (Å²) in [5.74, 6) is 0. The number of hydrogen-bond donors (Lipinski definition) is 2. The van der Waals surface area contributed by atoms with E-state index in [-0.39, 0.29) is 0 Å². The lowest BCUT2D eigenvalue weighted by Gasteiger charge is -2.08. The fourth-order valence-electron chi connectivity index (χ4n) is 1.52. The molecule has 0 fully saturated rings. The fraction of sp³-hybridized carbons (Fsp3) is 0.0833. The zero-order valence-corrected chi connectivity index (χ0v) is 9.41. The van der Waals surface area contributed by atoms with Crippen molar-refractivity contribution in [2.45, 2.75) is 6.42 Å². The Morgan fingerprint density at radius 3 is 2.50 bits per heavy atom. The Kier molecular flexibility index (Phi) is 2.97. The maximum absolute atomic E-state index is 5.85. The largest absolute Gasteiger partial charge is 0.397 e. The van der Waals surface area contributed by atoms with Crippen LogP contribution < -0.4 is 11.5 Å². The van der Waals surface area contributed by atoms with E-state index < -0.39 is 0 Å². The summed E-state index contributed by atoms with van der Waals surface area (Å²) < 4.78 is 0. The van der Waals surface area contributed by atoms with Crippen molar-refractivity contribution in [2.75, 3.05) is 11.5 Å². The van der Waals surface area contributed by atoms with Gasteiger partial charge in [-0.1, -0.05) is 41.9 Å². The zero-order chi connectivity index (χ0) is 11.5. The number of anilines is 2. The molecule has 0 saturated carbocycles. The van der Waals surface area contributed by atoms with Gasteiger partial charge >= 0.3 is 0 Å². The van der Waals surface area contributed by atoms with Crippen LogP contribution in [0, 0.1) is 0 Å². The molecule has 0 spiro atoms. The van der Waals surface area contributed by atoms with E-state index in [4.69, 9.17) is 23.1 Å². The normalized spacial score (nSPS) is 10.3. The highest BCUT2D eigenvalue weighted by atomic mass is 35.5. The van der Waals surface area contributed by atoms with Crippen molar-refractivity contribution in [3.05, 3.63) is 52.8 Å². The van der Waals surface area contributed by atoms with E-state index in [2.05, 4.69) is 4.98 Å². The summed E-state index contributed by atoms with van der Waals surface area (Å²) in [6.45, 7) is 0. The molecular weight excluding hydrogens is 222 g/mol. The third-order valence-electron chi connectivity index (χ3n) is 2.35. The van der Waals surface area contributed by atoms with E-state index in [1.165, 1.54) is 0 Å². The Hall–Kier alpha value is -1.74. The molecular formula is C12H12ClN3. The van der Waals surface area contributed by atoms with Crippen LogP contribution >= 0.6 is 11.6 Å². The minimum absolute atomic E-state index is 0.373. The number of aromatic nitrogens is 1. The number of rotatable bonds is 2. The van der Waals surface area contributed by atoms with Crippen LogP contribution in [0.4, 0.5) is 11.4 Å². The summed E-state index contributed by atoms with van der Waals surface area (Å²) in [6, 6.07) is 11.5. The van der Waals surface area contributed by atoms with Crippen LogP contribution in [0.2, 0.25) is 5.15 Å². The van der Waals surface area contributed by atoms with Gasteiger partial charge in [-0.05, 0) is 5.56 Å². The highest BCUT2D eigenvalue weighted by Gasteiger charge is 2.07. The van der Waals surface area contributed by atoms with Gasteiger partial charge in [0.2, 0.25) is 0 Å². The molecule has 4 N–H and O–H groups in total. The Labute approximate surface area is 99.1 Å². The monoisotopic (exact) mass is 233 g/mol. The molecule has 82 valence electrons. The fourth-order valence-corrected chi connectivity index (χ4v) is 1.74. The lowest BCUT2D eigenvalue weighted by atomic mass is 10.1. The number of nitrogens with zero attached hydrogens (tertiary/aromatic N) is 1. The average Bonchev–Trinajstić information content (AvgIpc) is 2.27. The molecule has 0 aliphatic carbocycles. The Balaban J connectivity index is 2.35. The van der Waals surface area contributed by atoms with Gasteiger partial charge in [-0.3, -0.25) is 0 Å². The summed E-state index contributed by atoms with van der Waals surface area (Å²) in [7, 11) is 0. The van der Waals surface area contributed by atoms with Crippen molar-refractivity contribution in [1.29, 1.82) is 0 Å². The molecule has 3 nitrogen and oxygen atoms in total.